The van der Waals surface area contributed by atoms with E-state index in [1.807, 2.05) is 224 Å². The van der Waals surface area contributed by atoms with Crippen molar-refractivity contribution >= 4 is 167 Å². The molecule has 0 saturated carbocycles. The Bertz CT molecular complexity index is 9270. The molecule has 614 valence electrons. The van der Waals surface area contributed by atoms with Gasteiger partial charge < -0.3 is 32.2 Å². The number of aromatic nitrogens is 2. The minimum absolute atomic E-state index is 0.00152. The summed E-state index contributed by atoms with van der Waals surface area (Å²) < 4.78 is 166. The first kappa shape index (κ1) is 62.1. The average molecular weight is 1680 g/mol. The largest absolute Gasteiger partial charge is 0.456 e. The van der Waals surface area contributed by atoms with Crippen molar-refractivity contribution in [2.75, 3.05) is 9.80 Å². The molecule has 2 aliphatic rings. The summed E-state index contributed by atoms with van der Waals surface area (Å²) >= 11 is 0. The topological polar surface area (TPSA) is 55.8 Å². The van der Waals surface area contributed by atoms with Gasteiger partial charge in [0.2, 0.25) is 0 Å². The smallest absolute Gasteiger partial charge is 0.252 e. The van der Waals surface area contributed by atoms with Gasteiger partial charge in [0.15, 0.2) is 0 Å². The van der Waals surface area contributed by atoms with Crippen LogP contribution in [0.4, 0.5) is 34.1 Å². The van der Waals surface area contributed by atoms with Crippen LogP contribution < -0.4 is 26.2 Å². The normalized spacial score (nSPS) is 14.3. The lowest BCUT2D eigenvalue weighted by atomic mass is 9.33. The van der Waals surface area contributed by atoms with E-state index in [1.165, 1.54) is 0 Å². The van der Waals surface area contributed by atoms with Gasteiger partial charge in [-0.3, -0.25) is 0 Å². The Hall–Kier alpha value is -16.2. The van der Waals surface area contributed by atoms with Gasteiger partial charge in [0.25, 0.3) is 6.71 Å². The highest BCUT2D eigenvalue weighted by Gasteiger charge is 2.47. The van der Waals surface area contributed by atoms with Crippen LogP contribution in [-0.4, -0.2) is 15.8 Å². The predicted molar refractivity (Wildman–Crippen MR) is 546 cm³/mol. The molecule has 7 nitrogen and oxygen atoms in total. The molecule has 0 aliphatic carbocycles. The molecule has 0 amide bonds. The number of benzene rings is 19. The highest BCUT2D eigenvalue weighted by atomic mass is 16.3. The van der Waals surface area contributed by atoms with Gasteiger partial charge in [0.1, 0.15) is 33.5 Å². The minimum Gasteiger partial charge on any atom is -0.456 e. The Morgan fingerprint density at radius 1 is 0.254 bits per heavy atom. The molecule has 0 radical (unpaired) electrons. The lowest BCUT2D eigenvalue weighted by Crippen LogP contribution is -2.61. The van der Waals surface area contributed by atoms with Crippen LogP contribution in [-0.2, 0) is 10.8 Å². The number of nitrogens with zero attached hydrogens (tertiary/aromatic N) is 4. The highest BCUT2D eigenvalue weighted by Crippen LogP contribution is 2.58. The second kappa shape index (κ2) is 28.7. The Labute approximate surface area is 772 Å². The maximum atomic E-state index is 10.6. The first-order valence-electron chi connectivity index (χ1n) is 51.1. The quantitative estimate of drug-likeness (QED) is 0.121. The molecule has 7 heterocycles. The van der Waals surface area contributed by atoms with Crippen molar-refractivity contribution in [3.05, 3.63) is 417 Å². The van der Waals surface area contributed by atoms with Gasteiger partial charge in [-0.15, -0.1) is 0 Å². The summed E-state index contributed by atoms with van der Waals surface area (Å²) in [7, 11) is 0. The second-order valence-electron chi connectivity index (χ2n) is 36.3. The second-order valence-corrected chi connectivity index (χ2v) is 36.3. The van der Waals surface area contributed by atoms with Crippen molar-refractivity contribution in [1.82, 2.24) is 9.13 Å². The molecule has 8 heteroatoms. The average Bonchev–Trinajstić information content (AvgIpc) is 1.03. The fraction of sp³-hybridized carbons (Fsp3) is 0.0656. The van der Waals surface area contributed by atoms with Crippen LogP contribution in [0.5, 0.6) is 0 Å². The summed E-state index contributed by atoms with van der Waals surface area (Å²) in [4.78, 5) is 4.76. The van der Waals surface area contributed by atoms with Crippen LogP contribution in [0.3, 0.4) is 0 Å². The van der Waals surface area contributed by atoms with Gasteiger partial charge in [0.05, 0.1) is 52.6 Å². The van der Waals surface area contributed by atoms with E-state index >= 15 is 0 Å². The highest BCUT2D eigenvalue weighted by molar-refractivity contribution is 7.00. The Morgan fingerprint density at radius 2 is 0.631 bits per heavy atom. The molecule has 19 aromatic carbocycles. The Balaban J connectivity index is 0.903. The Kier molecular flexibility index (Phi) is 13.7. The third kappa shape index (κ3) is 11.6. The molecular formula is C122H85BN4O3. The maximum absolute atomic E-state index is 10.6. The number of anilines is 6. The minimum atomic E-state index is -0.898. The molecule has 0 spiro atoms. The monoisotopic (exact) mass is 1680 g/mol. The van der Waals surface area contributed by atoms with Gasteiger partial charge in [-0.05, 0) is 233 Å². The number of fused-ring (bicyclic) bond motifs is 19. The van der Waals surface area contributed by atoms with E-state index < -0.39 is 65.9 Å². The maximum Gasteiger partial charge on any atom is 0.252 e. The zero-order valence-electron chi connectivity index (χ0n) is 85.7. The van der Waals surface area contributed by atoms with Gasteiger partial charge >= 0.3 is 0 Å². The molecule has 0 atom stereocenters. The van der Waals surface area contributed by atoms with Crippen molar-refractivity contribution < 1.29 is 32.4 Å². The summed E-state index contributed by atoms with van der Waals surface area (Å²) in [6.45, 7) is 10.4. The van der Waals surface area contributed by atoms with Crippen molar-refractivity contribution in [1.29, 1.82) is 0 Å². The molecule has 5 aromatic heterocycles. The van der Waals surface area contributed by atoms with E-state index in [0.717, 1.165) is 116 Å². The number of hydrogen-bond donors (Lipinski definition) is 0. The van der Waals surface area contributed by atoms with Gasteiger partial charge in [-0.1, -0.05) is 308 Å². The van der Waals surface area contributed by atoms with Crippen LogP contribution >= 0.6 is 0 Å². The van der Waals surface area contributed by atoms with Gasteiger partial charge in [-0.25, -0.2) is 0 Å². The summed E-state index contributed by atoms with van der Waals surface area (Å²) in [5, 5.41) is 5.38. The lowest BCUT2D eigenvalue weighted by Gasteiger charge is -2.46. The molecule has 0 fully saturated rings. The molecule has 130 heavy (non-hydrogen) atoms. The number of hydrogen-bond acceptors (Lipinski definition) is 5. The molecule has 26 rings (SSSR count). The number of rotatable bonds is 11. The van der Waals surface area contributed by atoms with E-state index in [0.29, 0.717) is 89.9 Å². The molecular weight excluding hydrogens is 1580 g/mol. The van der Waals surface area contributed by atoms with Crippen LogP contribution in [0.2, 0.25) is 0 Å². The predicted octanol–water partition coefficient (Wildman–Crippen LogP) is 31.9. The standard InChI is InChI=1S/C122H85BN4O3/c1-121(2,3)82-54-60-104-95(70-82)86-39-19-24-46-102(86)124(104)84-56-58-100-106(72-84)126(119-93(76-35-15-9-16-36-76)64-79(74-31-11-7-12-32-74)66-98(119)89-44-29-51-114-116(89)91-42-22-27-49-111(91)129-114)108-68-81(78-53-62-113-97(63-78)88-41-21-26-48-110(88)128-113)69-109-118(108)123(100)101-59-57-85(125-103-47-25-20-40-87(103)96-71-83(122(4,5)6)55-61-105(96)125)73-107(101)127(109)120-94(77-37-17-10-18-38-77)65-80(75-33-13-8-14-34-75)67-99(120)90-45-30-52-115-117(90)92-43-23-28-50-112(92)130-115/h7-73H,1-6H3/i19D,20D,24D,25D,39D,40D,46D,47D,54D,55D,60D,61D,70D,71D. The lowest BCUT2D eigenvalue weighted by molar-refractivity contribution is 0.591. The zero-order valence-corrected chi connectivity index (χ0v) is 71.7. The van der Waals surface area contributed by atoms with E-state index in [2.05, 4.69) is 149 Å². The van der Waals surface area contributed by atoms with E-state index in [1.54, 1.807) is 9.13 Å². The van der Waals surface area contributed by atoms with Gasteiger partial charge in [0, 0.05) is 110 Å². The molecule has 24 aromatic rings. The summed E-state index contributed by atoms with van der Waals surface area (Å²) in [5.74, 6) is 0. The molecule has 0 bridgehead atoms. The van der Waals surface area contributed by atoms with E-state index in [9.17, 15) is 19.2 Å². The van der Waals surface area contributed by atoms with Gasteiger partial charge in [-0.2, -0.15) is 0 Å². The van der Waals surface area contributed by atoms with Crippen LogP contribution in [0.1, 0.15) is 71.9 Å². The number of para-hydroxylation sites is 5. The van der Waals surface area contributed by atoms with Crippen molar-refractivity contribution in [2.45, 2.75) is 52.4 Å². The third-order valence-corrected chi connectivity index (χ3v) is 26.5. The Morgan fingerprint density at radius 3 is 1.09 bits per heavy atom. The van der Waals surface area contributed by atoms with Crippen LogP contribution in [0.15, 0.2) is 419 Å². The first-order valence-corrected chi connectivity index (χ1v) is 44.1. The summed E-state index contributed by atoms with van der Waals surface area (Å²) in [6.07, 6.45) is 0. The summed E-state index contributed by atoms with van der Waals surface area (Å²) in [6, 6.07) is 105. The van der Waals surface area contributed by atoms with Crippen LogP contribution in [0.25, 0.3) is 199 Å². The third-order valence-electron chi connectivity index (χ3n) is 26.5. The van der Waals surface area contributed by atoms with E-state index in [-0.39, 0.29) is 91.0 Å². The zero-order chi connectivity index (χ0) is 98.7. The fourth-order valence-corrected chi connectivity index (χ4v) is 20.5. The molecule has 0 saturated heterocycles. The summed E-state index contributed by atoms with van der Waals surface area (Å²) in [5.41, 5.74) is 20.9. The number of furan rings is 3. The van der Waals surface area contributed by atoms with Crippen molar-refractivity contribution in [3.8, 4) is 89.3 Å². The first-order chi connectivity index (χ1) is 69.6. The SMILES string of the molecule is [2H]c1c([2H])c([2H])c2c(c1[2H])c1c([2H])c(C(C)(C)C)c([2H])c([2H])c1n2-c1ccc2c(c1)N(c1c(-c3ccccc3)cc(-c3ccccc3)cc1-c1cccc3oc4ccccc4c13)c1cc(-c3ccc4oc5ccccc5c4c3)cc3c1B2c1ccc(-n2c4c([2H])c([2H])c([2H])c([2H])c4c4c([2H])c(C(C)(C)C)c([2H])c([2H])c42)cc1N3c1c(-c2ccccc2)cc(-c2ccccc2)cc1-c1cccc2oc3ccccc3c12. The van der Waals surface area contributed by atoms with Crippen LogP contribution in [0, 0.1) is 0 Å². The van der Waals surface area contributed by atoms with E-state index in [4.69, 9.17) is 13.3 Å². The molecule has 0 unspecified atom stereocenters. The van der Waals surface area contributed by atoms with Crippen molar-refractivity contribution in [3.63, 3.8) is 0 Å². The molecule has 0 N–H and O–H groups in total. The fourth-order valence-electron chi connectivity index (χ4n) is 20.5. The molecule has 2 aliphatic heterocycles. The van der Waals surface area contributed by atoms with Crippen molar-refractivity contribution in [2.24, 2.45) is 0 Å².